The van der Waals surface area contributed by atoms with Crippen LogP contribution in [0.3, 0.4) is 0 Å². The summed E-state index contributed by atoms with van der Waals surface area (Å²) in [5, 5.41) is 6.14. The van der Waals surface area contributed by atoms with E-state index in [1.54, 1.807) is 42.7 Å². The van der Waals surface area contributed by atoms with Gasteiger partial charge >= 0.3 is 0 Å². The summed E-state index contributed by atoms with van der Waals surface area (Å²) in [6.45, 7) is 4.49. The Bertz CT molecular complexity index is 959. The minimum absolute atomic E-state index is 0.143. The van der Waals surface area contributed by atoms with Crippen molar-refractivity contribution < 1.29 is 9.53 Å². The highest BCUT2D eigenvalue weighted by atomic mass is 32.1. The number of nitrogens with one attached hydrogen (secondary N) is 1. The number of nitrogens with zero attached hydrogens (tertiary/aromatic N) is 2. The summed E-state index contributed by atoms with van der Waals surface area (Å²) in [5.41, 5.74) is 3.39. The number of rotatable bonds is 5. The van der Waals surface area contributed by atoms with Crippen LogP contribution in [0.1, 0.15) is 30.1 Å². The second kappa shape index (κ2) is 8.66. The maximum Gasteiger partial charge on any atom is 0.255 e. The molecule has 1 saturated heterocycles. The Morgan fingerprint density at radius 3 is 2.45 bits per heavy atom. The number of amides is 1. The van der Waals surface area contributed by atoms with Gasteiger partial charge in [0.25, 0.3) is 5.91 Å². The summed E-state index contributed by atoms with van der Waals surface area (Å²) in [6.07, 6.45) is 2.47. The normalized spacial score (nSPS) is 14.6. The lowest BCUT2D eigenvalue weighted by Crippen LogP contribution is -2.32. The monoisotopic (exact) mass is 407 g/mol. The highest BCUT2D eigenvalue weighted by Crippen LogP contribution is 2.30. The summed E-state index contributed by atoms with van der Waals surface area (Å²) >= 11 is 1.70. The van der Waals surface area contributed by atoms with Crippen LogP contribution in [0.25, 0.3) is 11.3 Å². The second-order valence-electron chi connectivity index (χ2n) is 7.44. The fourth-order valence-electron chi connectivity index (χ4n) is 3.41. The van der Waals surface area contributed by atoms with Crippen molar-refractivity contribution in [2.45, 2.75) is 19.8 Å². The van der Waals surface area contributed by atoms with Gasteiger partial charge in [0, 0.05) is 35.3 Å². The van der Waals surface area contributed by atoms with Gasteiger partial charge in [0.15, 0.2) is 5.13 Å². The van der Waals surface area contributed by atoms with Crippen molar-refractivity contribution in [1.82, 2.24) is 4.98 Å². The molecule has 29 heavy (non-hydrogen) atoms. The highest BCUT2D eigenvalue weighted by Gasteiger charge is 2.18. The number of carbonyl (C=O) groups excluding carboxylic acids is 1. The van der Waals surface area contributed by atoms with E-state index in [2.05, 4.69) is 22.5 Å². The molecule has 0 saturated carbocycles. The molecular weight excluding hydrogens is 382 g/mol. The maximum atomic E-state index is 12.4. The number of aromatic nitrogens is 1. The van der Waals surface area contributed by atoms with Gasteiger partial charge in [-0.05, 0) is 55.2 Å². The molecule has 0 bridgehead atoms. The minimum atomic E-state index is -0.143. The molecule has 1 aliphatic heterocycles. The molecule has 4 rings (SSSR count). The lowest BCUT2D eigenvalue weighted by atomic mass is 10.00. The van der Waals surface area contributed by atoms with Crippen molar-refractivity contribution >= 4 is 28.1 Å². The topological polar surface area (TPSA) is 54.5 Å². The van der Waals surface area contributed by atoms with Gasteiger partial charge in [0.2, 0.25) is 0 Å². The van der Waals surface area contributed by atoms with E-state index in [-0.39, 0.29) is 5.91 Å². The van der Waals surface area contributed by atoms with Crippen LogP contribution in [0.15, 0.2) is 53.9 Å². The van der Waals surface area contributed by atoms with E-state index in [0.717, 1.165) is 46.8 Å². The van der Waals surface area contributed by atoms with Crippen molar-refractivity contribution in [3.63, 3.8) is 0 Å². The van der Waals surface area contributed by atoms with Gasteiger partial charge in [-0.25, -0.2) is 4.98 Å². The van der Waals surface area contributed by atoms with Crippen LogP contribution in [0.5, 0.6) is 5.75 Å². The molecule has 6 heteroatoms. The van der Waals surface area contributed by atoms with Crippen molar-refractivity contribution in [2.75, 3.05) is 30.4 Å². The third-order valence-electron chi connectivity index (χ3n) is 5.34. The first-order chi connectivity index (χ1) is 14.1. The number of ether oxygens (including phenoxy) is 1. The van der Waals surface area contributed by atoms with Gasteiger partial charge in [-0.1, -0.05) is 19.1 Å². The van der Waals surface area contributed by atoms with Gasteiger partial charge in [0.1, 0.15) is 5.75 Å². The number of methoxy groups -OCH3 is 1. The number of carbonyl (C=O) groups is 1. The summed E-state index contributed by atoms with van der Waals surface area (Å²) in [7, 11) is 1.61. The van der Waals surface area contributed by atoms with Crippen molar-refractivity contribution in [3.05, 3.63) is 59.5 Å². The molecule has 0 radical (unpaired) electrons. The average molecular weight is 408 g/mol. The zero-order valence-electron chi connectivity index (χ0n) is 16.7. The van der Waals surface area contributed by atoms with Crippen LogP contribution in [-0.2, 0) is 0 Å². The largest absolute Gasteiger partial charge is 0.497 e. The summed E-state index contributed by atoms with van der Waals surface area (Å²) < 4.78 is 5.13. The molecule has 1 N–H and O–H groups in total. The van der Waals surface area contributed by atoms with E-state index < -0.39 is 0 Å². The first kappa shape index (κ1) is 19.5. The highest BCUT2D eigenvalue weighted by molar-refractivity contribution is 7.14. The molecule has 1 amide bonds. The van der Waals surface area contributed by atoms with Gasteiger partial charge < -0.3 is 15.0 Å². The molecular formula is C23H25N3O2S. The first-order valence-electron chi connectivity index (χ1n) is 9.88. The summed E-state index contributed by atoms with van der Waals surface area (Å²) in [5.74, 6) is 1.40. The average Bonchev–Trinajstić information content (AvgIpc) is 3.25. The Hall–Kier alpha value is -2.86. The summed E-state index contributed by atoms with van der Waals surface area (Å²) in [4.78, 5) is 19.6. The van der Waals surface area contributed by atoms with E-state index in [4.69, 9.17) is 9.72 Å². The van der Waals surface area contributed by atoms with Crippen LogP contribution in [0.2, 0.25) is 0 Å². The number of piperidine rings is 1. The van der Waals surface area contributed by atoms with Gasteiger partial charge in [-0.3, -0.25) is 4.79 Å². The van der Waals surface area contributed by atoms with E-state index in [0.29, 0.717) is 5.56 Å². The number of anilines is 2. The molecule has 0 atom stereocenters. The lowest BCUT2D eigenvalue weighted by Gasteiger charge is -2.29. The number of hydrogen-bond acceptors (Lipinski definition) is 5. The Labute approximate surface area is 175 Å². The van der Waals surface area contributed by atoms with E-state index >= 15 is 0 Å². The molecule has 1 fully saturated rings. The molecule has 1 aliphatic rings. The van der Waals surface area contributed by atoms with Crippen LogP contribution in [0, 0.1) is 5.92 Å². The van der Waals surface area contributed by atoms with Crippen LogP contribution < -0.4 is 15.0 Å². The quantitative estimate of drug-likeness (QED) is 0.623. The van der Waals surface area contributed by atoms with Crippen molar-refractivity contribution in [1.29, 1.82) is 0 Å². The third kappa shape index (κ3) is 4.59. The van der Waals surface area contributed by atoms with Crippen LogP contribution >= 0.6 is 11.3 Å². The molecule has 5 nitrogen and oxygen atoms in total. The fourth-order valence-corrected chi connectivity index (χ4v) is 4.30. The Morgan fingerprint density at radius 1 is 1.10 bits per heavy atom. The number of hydrogen-bond donors (Lipinski definition) is 1. The Balaban J connectivity index is 1.40. The number of benzene rings is 2. The molecule has 2 heterocycles. The van der Waals surface area contributed by atoms with E-state index in [1.807, 2.05) is 24.3 Å². The molecule has 150 valence electrons. The van der Waals surface area contributed by atoms with Gasteiger partial charge in [-0.15, -0.1) is 11.3 Å². The molecule has 0 unspecified atom stereocenters. The Kier molecular flexibility index (Phi) is 5.81. The SMILES string of the molecule is COc1ccc(C(=O)Nc2ccc(-c3csc(N4CCC(C)CC4)n3)cc2)cc1. The minimum Gasteiger partial charge on any atom is -0.497 e. The van der Waals surface area contributed by atoms with Crippen LogP contribution in [-0.4, -0.2) is 31.1 Å². The summed E-state index contributed by atoms with van der Waals surface area (Å²) in [6, 6.07) is 14.9. The van der Waals surface area contributed by atoms with E-state index in [1.165, 1.54) is 12.8 Å². The smallest absolute Gasteiger partial charge is 0.255 e. The molecule has 1 aromatic heterocycles. The molecule has 0 aliphatic carbocycles. The lowest BCUT2D eigenvalue weighted by molar-refractivity contribution is 0.102. The zero-order valence-corrected chi connectivity index (χ0v) is 17.5. The predicted molar refractivity (Wildman–Crippen MR) is 119 cm³/mol. The fraction of sp³-hybridized carbons (Fsp3) is 0.304. The predicted octanol–water partition coefficient (Wildman–Crippen LogP) is 5.31. The maximum absolute atomic E-state index is 12.4. The number of thiazole rings is 1. The third-order valence-corrected chi connectivity index (χ3v) is 6.24. The van der Waals surface area contributed by atoms with Crippen LogP contribution in [0.4, 0.5) is 10.8 Å². The standard InChI is InChI=1S/C23H25N3O2S/c1-16-11-13-26(14-12-16)23-25-21(15-29-23)17-3-7-19(8-4-17)24-22(27)18-5-9-20(28-2)10-6-18/h3-10,15-16H,11-14H2,1-2H3,(H,24,27). The van der Waals surface area contributed by atoms with Crippen molar-refractivity contribution in [2.24, 2.45) is 5.92 Å². The van der Waals surface area contributed by atoms with Gasteiger partial charge in [0.05, 0.1) is 12.8 Å². The van der Waals surface area contributed by atoms with Crippen molar-refractivity contribution in [3.8, 4) is 17.0 Å². The van der Waals surface area contributed by atoms with Gasteiger partial charge in [-0.2, -0.15) is 0 Å². The molecule has 3 aromatic rings. The van der Waals surface area contributed by atoms with E-state index in [9.17, 15) is 4.79 Å². The molecule has 0 spiro atoms. The Morgan fingerprint density at radius 2 is 1.79 bits per heavy atom. The zero-order chi connectivity index (χ0) is 20.2. The first-order valence-corrected chi connectivity index (χ1v) is 10.8. The molecule has 2 aromatic carbocycles. The second-order valence-corrected chi connectivity index (χ2v) is 8.28.